The van der Waals surface area contributed by atoms with Crippen molar-refractivity contribution in [2.24, 2.45) is 0 Å². The molecule has 4 heterocycles. The Morgan fingerprint density at radius 2 is 2.10 bits per heavy atom. The van der Waals surface area contributed by atoms with Crippen LogP contribution in [0.4, 0.5) is 0 Å². The third kappa shape index (κ3) is 1.82. The number of fused-ring (bicyclic) bond motifs is 3. The van der Waals surface area contributed by atoms with Gasteiger partial charge >= 0.3 is 5.69 Å². The van der Waals surface area contributed by atoms with E-state index < -0.39 is 0 Å². The fourth-order valence-corrected chi connectivity index (χ4v) is 2.47. The van der Waals surface area contributed by atoms with Gasteiger partial charge < -0.3 is 9.97 Å². The highest BCUT2D eigenvalue weighted by Gasteiger charge is 2.12. The summed E-state index contributed by atoms with van der Waals surface area (Å²) in [4.78, 5) is 30.9. The number of aryl methyl sites for hydroxylation is 1. The summed E-state index contributed by atoms with van der Waals surface area (Å²) in [5, 5.41) is 0.908. The highest BCUT2D eigenvalue weighted by molar-refractivity contribution is 6.00. The normalized spacial score (nSPS) is 11.5. The molecule has 2 N–H and O–H groups in total. The second kappa shape index (κ2) is 4.27. The lowest BCUT2D eigenvalue weighted by Gasteiger charge is -2.03. The number of pyridine rings is 1. The van der Waals surface area contributed by atoms with Crippen LogP contribution in [0.1, 0.15) is 11.4 Å². The minimum absolute atomic E-state index is 0.178. The predicted octanol–water partition coefficient (Wildman–Crippen LogP) is 1.35. The van der Waals surface area contributed by atoms with Crippen LogP contribution in [-0.2, 0) is 6.54 Å². The number of hydrogen-bond donors (Lipinski definition) is 2. The standard InChI is InChI=1S/C14H12N6O/c1-8-4-17-9(5-16-8)7-20-12-10-2-3-15-13(10)18-6-11(12)19-14(20)21/h2-6H,7H2,1H3,(H,15,18)(H,19,21). The third-order valence-corrected chi connectivity index (χ3v) is 3.47. The van der Waals surface area contributed by atoms with E-state index in [1.807, 2.05) is 19.2 Å². The Balaban J connectivity index is 1.94. The second-order valence-electron chi connectivity index (χ2n) is 4.93. The van der Waals surface area contributed by atoms with E-state index in [0.29, 0.717) is 12.1 Å². The molecule has 0 aliphatic carbocycles. The number of nitrogens with zero attached hydrogens (tertiary/aromatic N) is 4. The quantitative estimate of drug-likeness (QED) is 0.579. The van der Waals surface area contributed by atoms with Gasteiger partial charge in [0.2, 0.25) is 0 Å². The summed E-state index contributed by atoms with van der Waals surface area (Å²) in [5.41, 5.74) is 3.71. The molecule has 0 bridgehead atoms. The highest BCUT2D eigenvalue weighted by atomic mass is 16.1. The molecule has 4 aromatic rings. The van der Waals surface area contributed by atoms with Crippen LogP contribution < -0.4 is 5.69 Å². The summed E-state index contributed by atoms with van der Waals surface area (Å²) in [6.07, 6.45) is 6.86. The lowest BCUT2D eigenvalue weighted by molar-refractivity contribution is 0.759. The first kappa shape index (κ1) is 11.8. The fraction of sp³-hybridized carbons (Fsp3) is 0.143. The van der Waals surface area contributed by atoms with Crippen LogP contribution in [0.5, 0.6) is 0 Å². The molecular formula is C14H12N6O. The van der Waals surface area contributed by atoms with Gasteiger partial charge in [0, 0.05) is 17.8 Å². The highest BCUT2D eigenvalue weighted by Crippen LogP contribution is 2.20. The largest absolute Gasteiger partial charge is 0.346 e. The van der Waals surface area contributed by atoms with Crippen LogP contribution in [-0.4, -0.2) is 29.5 Å². The van der Waals surface area contributed by atoms with E-state index in [9.17, 15) is 4.79 Å². The topological polar surface area (TPSA) is 92.2 Å². The molecule has 104 valence electrons. The van der Waals surface area contributed by atoms with E-state index in [1.165, 1.54) is 0 Å². The Morgan fingerprint density at radius 3 is 2.90 bits per heavy atom. The maximum atomic E-state index is 12.2. The molecule has 21 heavy (non-hydrogen) atoms. The molecule has 4 rings (SSSR count). The average molecular weight is 280 g/mol. The molecule has 7 nitrogen and oxygen atoms in total. The maximum absolute atomic E-state index is 12.2. The fourth-order valence-electron chi connectivity index (χ4n) is 2.47. The predicted molar refractivity (Wildman–Crippen MR) is 78.1 cm³/mol. The number of hydrogen-bond acceptors (Lipinski definition) is 4. The van der Waals surface area contributed by atoms with Crippen LogP contribution in [0.15, 0.2) is 35.6 Å². The minimum Gasteiger partial charge on any atom is -0.346 e. The molecule has 0 radical (unpaired) electrons. The van der Waals surface area contributed by atoms with Crippen molar-refractivity contribution in [3.8, 4) is 0 Å². The SMILES string of the molecule is Cc1cnc(Cn2c(=O)[nH]c3cnc4[nH]ccc4c32)cn1. The Kier molecular flexibility index (Phi) is 2.41. The van der Waals surface area contributed by atoms with E-state index >= 15 is 0 Å². The molecule has 0 atom stereocenters. The van der Waals surface area contributed by atoms with Gasteiger partial charge in [-0.15, -0.1) is 0 Å². The van der Waals surface area contributed by atoms with Gasteiger partial charge in [-0.3, -0.25) is 14.5 Å². The van der Waals surface area contributed by atoms with Gasteiger partial charge in [0.15, 0.2) is 0 Å². The molecule has 0 amide bonds. The molecule has 0 aromatic carbocycles. The van der Waals surface area contributed by atoms with Crippen LogP contribution in [0.2, 0.25) is 0 Å². The summed E-state index contributed by atoms with van der Waals surface area (Å²) in [7, 11) is 0. The molecule has 0 aliphatic rings. The van der Waals surface area contributed by atoms with Crippen LogP contribution >= 0.6 is 0 Å². The van der Waals surface area contributed by atoms with Gasteiger partial charge in [-0.2, -0.15) is 0 Å². The lowest BCUT2D eigenvalue weighted by Crippen LogP contribution is -2.18. The van der Waals surface area contributed by atoms with Gasteiger partial charge in [0.25, 0.3) is 0 Å². The van der Waals surface area contributed by atoms with Crippen LogP contribution in [0, 0.1) is 6.92 Å². The van der Waals surface area contributed by atoms with Crippen molar-refractivity contribution < 1.29 is 0 Å². The van der Waals surface area contributed by atoms with E-state index in [1.54, 1.807) is 23.2 Å². The zero-order chi connectivity index (χ0) is 14.4. The van der Waals surface area contributed by atoms with E-state index in [-0.39, 0.29) is 5.69 Å². The van der Waals surface area contributed by atoms with Crippen molar-refractivity contribution in [1.82, 2.24) is 29.5 Å². The Hall–Kier alpha value is -2.96. The molecule has 0 saturated carbocycles. The first-order valence-corrected chi connectivity index (χ1v) is 6.54. The van der Waals surface area contributed by atoms with Crippen LogP contribution in [0.25, 0.3) is 22.1 Å². The molecule has 4 aromatic heterocycles. The number of imidazole rings is 1. The maximum Gasteiger partial charge on any atom is 0.326 e. The summed E-state index contributed by atoms with van der Waals surface area (Å²) in [6, 6.07) is 1.91. The zero-order valence-electron chi connectivity index (χ0n) is 11.3. The molecule has 0 spiro atoms. The molecule has 7 heteroatoms. The van der Waals surface area contributed by atoms with Crippen molar-refractivity contribution >= 4 is 22.1 Å². The van der Waals surface area contributed by atoms with E-state index in [0.717, 1.165) is 27.9 Å². The Morgan fingerprint density at radius 1 is 1.19 bits per heavy atom. The van der Waals surface area contributed by atoms with E-state index in [2.05, 4.69) is 24.9 Å². The lowest BCUT2D eigenvalue weighted by atomic mass is 10.3. The smallest absolute Gasteiger partial charge is 0.326 e. The number of rotatable bonds is 2. The summed E-state index contributed by atoms with van der Waals surface area (Å²) < 4.78 is 1.66. The van der Waals surface area contributed by atoms with Crippen molar-refractivity contribution in [3.63, 3.8) is 0 Å². The van der Waals surface area contributed by atoms with Crippen molar-refractivity contribution in [1.29, 1.82) is 0 Å². The third-order valence-electron chi connectivity index (χ3n) is 3.47. The van der Waals surface area contributed by atoms with Crippen molar-refractivity contribution in [3.05, 3.63) is 52.7 Å². The summed E-state index contributed by atoms with van der Waals surface area (Å²) in [6.45, 7) is 2.25. The molecule has 0 fully saturated rings. The number of nitrogens with one attached hydrogen (secondary N) is 2. The van der Waals surface area contributed by atoms with Gasteiger partial charge in [-0.1, -0.05) is 0 Å². The molecule has 0 unspecified atom stereocenters. The molecule has 0 saturated heterocycles. The van der Waals surface area contributed by atoms with Gasteiger partial charge in [0.05, 0.1) is 41.4 Å². The molecular weight excluding hydrogens is 268 g/mol. The summed E-state index contributed by atoms with van der Waals surface area (Å²) in [5.74, 6) is 0. The number of H-pyrrole nitrogens is 2. The van der Waals surface area contributed by atoms with Gasteiger partial charge in [-0.25, -0.2) is 9.78 Å². The van der Waals surface area contributed by atoms with E-state index in [4.69, 9.17) is 0 Å². The second-order valence-corrected chi connectivity index (χ2v) is 4.93. The monoisotopic (exact) mass is 280 g/mol. The Bertz CT molecular complexity index is 992. The van der Waals surface area contributed by atoms with Crippen LogP contribution in [0.3, 0.4) is 0 Å². The number of aromatic nitrogens is 6. The first-order chi connectivity index (χ1) is 10.2. The zero-order valence-corrected chi connectivity index (χ0v) is 11.3. The van der Waals surface area contributed by atoms with Gasteiger partial charge in [-0.05, 0) is 13.0 Å². The first-order valence-electron chi connectivity index (χ1n) is 6.54. The molecule has 0 aliphatic heterocycles. The number of aromatic amines is 2. The minimum atomic E-state index is -0.178. The average Bonchev–Trinajstić information content (AvgIpc) is 3.06. The van der Waals surface area contributed by atoms with Crippen molar-refractivity contribution in [2.45, 2.75) is 13.5 Å². The van der Waals surface area contributed by atoms with Crippen molar-refractivity contribution in [2.75, 3.05) is 0 Å². The summed E-state index contributed by atoms with van der Waals surface area (Å²) >= 11 is 0. The Labute approximate surface area is 118 Å². The van der Waals surface area contributed by atoms with Gasteiger partial charge in [0.1, 0.15) is 5.65 Å².